The molecule has 6 aliphatic heterocycles. The number of carbonyl (C=O) groups excluding carboxylic acids is 3. The van der Waals surface area contributed by atoms with Gasteiger partial charge in [-0.2, -0.15) is 0 Å². The maximum absolute atomic E-state index is 13.4. The van der Waals surface area contributed by atoms with Crippen molar-refractivity contribution < 1.29 is 29.0 Å². The molecule has 304 valence electrons. The number of likely N-dealkylation sites (tertiary alicyclic amines) is 1. The molecule has 1 saturated carbocycles. The number of ether oxygens (including phenoxy) is 2. The fraction of sp³-hybridized carbons (Fsp3) is 0.449. The summed E-state index contributed by atoms with van der Waals surface area (Å²) in [4.78, 5) is 44.6. The van der Waals surface area contributed by atoms with Crippen LogP contribution in [-0.4, -0.2) is 84.6 Å². The fourth-order valence-corrected chi connectivity index (χ4v) is 11.8. The van der Waals surface area contributed by atoms with Crippen LogP contribution in [0.4, 0.5) is 5.69 Å². The second-order valence-corrected chi connectivity index (χ2v) is 18.7. The normalized spacial score (nSPS) is 25.8. The van der Waals surface area contributed by atoms with Gasteiger partial charge in [-0.3, -0.25) is 19.7 Å². The minimum atomic E-state index is -0.606. The molecule has 59 heavy (non-hydrogen) atoms. The lowest BCUT2D eigenvalue weighted by Gasteiger charge is -2.55. The summed E-state index contributed by atoms with van der Waals surface area (Å²) in [7, 11) is 0. The molecule has 6 heterocycles. The standard InChI is InChI=1S/C49H52N4O6/c54-36-10-11-37-42(23-36)58-27-39(32-4-2-1-3-5-32)45(37)33-6-8-35(9-7-33)52-28-48(29-52)16-14-31(15-17-48)25-51-20-18-49(19-21-51)30-59-43-24-38-34(22-40(43)49)26-53(47(38)57)41-12-13-44(55)50-46(41)56/h1-11,22-24,31,39,41,45,54H,12-21,25-30H2,(H,50,55,56)/t39-,41+,45-/m0/s1. The van der Waals surface area contributed by atoms with Crippen molar-refractivity contribution in [2.75, 3.05) is 50.8 Å². The number of aromatic hydroxyl groups is 1. The number of hydrogen-bond donors (Lipinski definition) is 2. The molecule has 3 amide bonds. The van der Waals surface area contributed by atoms with Gasteiger partial charge in [0.25, 0.3) is 5.91 Å². The molecule has 11 rings (SSSR count). The number of rotatable bonds is 6. The highest BCUT2D eigenvalue weighted by atomic mass is 16.5. The summed E-state index contributed by atoms with van der Waals surface area (Å²) in [6, 6.07) is 28.9. The number of phenols is 1. The van der Waals surface area contributed by atoms with Gasteiger partial charge in [0.1, 0.15) is 23.3 Å². The molecule has 10 heteroatoms. The van der Waals surface area contributed by atoms with E-state index < -0.39 is 6.04 Å². The molecule has 0 bridgehead atoms. The Bertz CT molecular complexity index is 2300. The highest BCUT2D eigenvalue weighted by Gasteiger charge is 2.48. The Hall–Kier alpha value is -5.35. The molecule has 10 nitrogen and oxygen atoms in total. The predicted molar refractivity (Wildman–Crippen MR) is 223 cm³/mol. The predicted octanol–water partition coefficient (Wildman–Crippen LogP) is 6.88. The van der Waals surface area contributed by atoms with Crippen LogP contribution < -0.4 is 19.7 Å². The van der Waals surface area contributed by atoms with Gasteiger partial charge in [0.05, 0.1) is 13.2 Å². The Morgan fingerprint density at radius 1 is 0.797 bits per heavy atom. The van der Waals surface area contributed by atoms with Gasteiger partial charge in [-0.05, 0) is 111 Å². The third-order valence-corrected chi connectivity index (χ3v) is 15.2. The van der Waals surface area contributed by atoms with Crippen molar-refractivity contribution in [1.29, 1.82) is 0 Å². The van der Waals surface area contributed by atoms with Crippen LogP contribution in [0.3, 0.4) is 0 Å². The Kier molecular flexibility index (Phi) is 8.80. The molecule has 4 aromatic rings. The average molecular weight is 793 g/mol. The molecule has 4 aromatic carbocycles. The minimum Gasteiger partial charge on any atom is -0.508 e. The summed E-state index contributed by atoms with van der Waals surface area (Å²) in [5.74, 6) is 2.11. The van der Waals surface area contributed by atoms with Gasteiger partial charge >= 0.3 is 0 Å². The Morgan fingerprint density at radius 3 is 2.34 bits per heavy atom. The summed E-state index contributed by atoms with van der Waals surface area (Å²) >= 11 is 0. The lowest BCUT2D eigenvalue weighted by Crippen LogP contribution is -2.58. The Morgan fingerprint density at radius 2 is 1.58 bits per heavy atom. The van der Waals surface area contributed by atoms with Crippen LogP contribution in [0.25, 0.3) is 0 Å². The summed E-state index contributed by atoms with van der Waals surface area (Å²) in [6.45, 7) is 7.20. The van der Waals surface area contributed by atoms with Crippen LogP contribution in [-0.2, 0) is 21.5 Å². The number of nitrogens with one attached hydrogen (secondary N) is 1. The first-order chi connectivity index (χ1) is 28.7. The third kappa shape index (κ3) is 6.37. The van der Waals surface area contributed by atoms with Gasteiger partial charge in [-0.1, -0.05) is 48.5 Å². The molecule has 2 N–H and O–H groups in total. The van der Waals surface area contributed by atoms with E-state index in [0.717, 1.165) is 67.6 Å². The molecule has 4 fully saturated rings. The molecular weight excluding hydrogens is 741 g/mol. The second-order valence-electron chi connectivity index (χ2n) is 18.7. The van der Waals surface area contributed by atoms with Gasteiger partial charge in [0, 0.05) is 83.7 Å². The van der Waals surface area contributed by atoms with Crippen molar-refractivity contribution in [2.45, 2.75) is 81.2 Å². The van der Waals surface area contributed by atoms with Gasteiger partial charge in [-0.25, -0.2) is 0 Å². The number of amides is 3. The number of nitrogens with zero attached hydrogens (tertiary/aromatic N) is 3. The maximum Gasteiger partial charge on any atom is 0.255 e. The van der Waals surface area contributed by atoms with Crippen molar-refractivity contribution in [1.82, 2.24) is 15.1 Å². The highest BCUT2D eigenvalue weighted by molar-refractivity contribution is 6.05. The zero-order chi connectivity index (χ0) is 39.9. The fourth-order valence-electron chi connectivity index (χ4n) is 11.8. The Labute approximate surface area is 345 Å². The first-order valence-electron chi connectivity index (χ1n) is 21.8. The SMILES string of the molecule is O=C1CC[C@@H](N2Cc3cc4c(cc3C2=O)OCC42CCN(CC3CCC4(CC3)CN(c3ccc([C@H]5c6ccc(O)cc6OC[C@H]5c5ccccc5)cc3)C4)CC2)C(=O)N1. The van der Waals surface area contributed by atoms with Crippen LogP contribution in [0.15, 0.2) is 84.9 Å². The van der Waals surface area contributed by atoms with Crippen LogP contribution in [0.2, 0.25) is 0 Å². The van der Waals surface area contributed by atoms with Crippen LogP contribution >= 0.6 is 0 Å². The number of fused-ring (bicyclic) bond motifs is 4. The molecule has 1 aliphatic carbocycles. The second kappa shape index (κ2) is 14.1. The third-order valence-electron chi connectivity index (χ3n) is 15.2. The van der Waals surface area contributed by atoms with Crippen molar-refractivity contribution >= 4 is 23.4 Å². The van der Waals surface area contributed by atoms with Gasteiger partial charge in [0.2, 0.25) is 11.8 Å². The summed E-state index contributed by atoms with van der Waals surface area (Å²) < 4.78 is 12.5. The van der Waals surface area contributed by atoms with E-state index >= 15 is 0 Å². The largest absolute Gasteiger partial charge is 0.508 e. The molecule has 0 radical (unpaired) electrons. The summed E-state index contributed by atoms with van der Waals surface area (Å²) in [6.07, 6.45) is 7.91. The van der Waals surface area contributed by atoms with Gasteiger partial charge in [0.15, 0.2) is 0 Å². The Balaban J connectivity index is 0.684. The topological polar surface area (TPSA) is 112 Å². The molecular formula is C49H52N4O6. The zero-order valence-electron chi connectivity index (χ0n) is 33.5. The molecule has 0 aromatic heterocycles. The van der Waals surface area contributed by atoms with Crippen LogP contribution in [0.1, 0.15) is 101 Å². The number of piperidine rings is 2. The van der Waals surface area contributed by atoms with Crippen LogP contribution in [0.5, 0.6) is 17.2 Å². The monoisotopic (exact) mass is 792 g/mol. The van der Waals surface area contributed by atoms with E-state index in [1.54, 1.807) is 17.0 Å². The number of imide groups is 1. The van der Waals surface area contributed by atoms with E-state index in [9.17, 15) is 19.5 Å². The van der Waals surface area contributed by atoms with Crippen molar-refractivity contribution in [3.63, 3.8) is 0 Å². The first kappa shape index (κ1) is 36.7. The van der Waals surface area contributed by atoms with Gasteiger partial charge in [-0.15, -0.1) is 0 Å². The van der Waals surface area contributed by atoms with E-state index in [2.05, 4.69) is 75.8 Å². The molecule has 7 aliphatic rings. The van der Waals surface area contributed by atoms with E-state index in [-0.39, 0.29) is 47.1 Å². The zero-order valence-corrected chi connectivity index (χ0v) is 33.5. The molecule has 0 unspecified atom stereocenters. The quantitative estimate of drug-likeness (QED) is 0.204. The van der Waals surface area contributed by atoms with Crippen molar-refractivity contribution in [3.8, 4) is 17.2 Å². The molecule has 2 spiro atoms. The van der Waals surface area contributed by atoms with E-state index in [4.69, 9.17) is 9.47 Å². The molecule has 3 atom stereocenters. The minimum absolute atomic E-state index is 0.0287. The van der Waals surface area contributed by atoms with Crippen molar-refractivity contribution in [2.24, 2.45) is 11.3 Å². The first-order valence-corrected chi connectivity index (χ1v) is 21.8. The van der Waals surface area contributed by atoms with Crippen LogP contribution in [0, 0.1) is 11.3 Å². The maximum atomic E-state index is 13.4. The van der Waals surface area contributed by atoms with Crippen molar-refractivity contribution in [3.05, 3.63) is 118 Å². The number of carbonyl (C=O) groups is 3. The number of phenolic OH excluding ortho intramolecular Hbond substituents is 1. The van der Waals surface area contributed by atoms with E-state index in [1.807, 2.05) is 12.1 Å². The van der Waals surface area contributed by atoms with E-state index in [1.165, 1.54) is 54.6 Å². The average Bonchev–Trinajstić information content (AvgIpc) is 3.75. The lowest BCUT2D eigenvalue weighted by molar-refractivity contribution is -0.136. The highest BCUT2D eigenvalue weighted by Crippen LogP contribution is 2.51. The smallest absolute Gasteiger partial charge is 0.255 e. The van der Waals surface area contributed by atoms with Gasteiger partial charge < -0.3 is 29.3 Å². The molecule has 3 saturated heterocycles. The lowest BCUT2D eigenvalue weighted by atomic mass is 9.65. The number of benzene rings is 4. The number of hydrogen-bond acceptors (Lipinski definition) is 8. The summed E-state index contributed by atoms with van der Waals surface area (Å²) in [5.41, 5.74) is 8.20. The number of anilines is 1. The van der Waals surface area contributed by atoms with E-state index in [0.29, 0.717) is 37.2 Å². The summed E-state index contributed by atoms with van der Waals surface area (Å²) in [5, 5.41) is 12.6.